The number of nitrogens with one attached hydrogen (secondary N) is 2. The first-order valence-corrected chi connectivity index (χ1v) is 11.6. The van der Waals surface area contributed by atoms with E-state index in [4.69, 9.17) is 0 Å². The Morgan fingerprint density at radius 1 is 1.00 bits per heavy atom. The lowest BCUT2D eigenvalue weighted by atomic mass is 10.1. The maximum absolute atomic E-state index is 13.0. The highest BCUT2D eigenvalue weighted by molar-refractivity contribution is 7.93. The second kappa shape index (κ2) is 8.74. The zero-order valence-corrected chi connectivity index (χ0v) is 17.9. The van der Waals surface area contributed by atoms with Crippen molar-refractivity contribution in [2.45, 2.75) is 12.6 Å². The molecule has 0 atom stereocenters. The third-order valence-electron chi connectivity index (χ3n) is 5.00. The van der Waals surface area contributed by atoms with Gasteiger partial charge >= 0.3 is 6.18 Å². The van der Waals surface area contributed by atoms with Crippen molar-refractivity contribution in [1.82, 2.24) is 4.98 Å². The van der Waals surface area contributed by atoms with Crippen LogP contribution in [0.4, 0.5) is 36.1 Å². The first kappa shape index (κ1) is 22.6. The van der Waals surface area contributed by atoms with Gasteiger partial charge in [-0.15, -0.1) is 0 Å². The quantitative estimate of drug-likeness (QED) is 0.560. The van der Waals surface area contributed by atoms with E-state index in [1.165, 1.54) is 34.8 Å². The molecule has 2 N–H and O–H groups in total. The Bertz CT molecular complexity index is 1300. The molecule has 4 rings (SSSR count). The number of carbonyl (C=O) groups excluding carboxylic acids is 1. The number of anilines is 4. The van der Waals surface area contributed by atoms with Crippen molar-refractivity contribution >= 4 is 38.8 Å². The zero-order chi connectivity index (χ0) is 23.6. The molecule has 1 aliphatic rings. The normalized spacial score (nSPS) is 15.3. The largest absolute Gasteiger partial charge is 0.416 e. The van der Waals surface area contributed by atoms with Crippen molar-refractivity contribution in [2.75, 3.05) is 27.2 Å². The minimum Gasteiger partial charge on any atom is -0.340 e. The predicted molar refractivity (Wildman–Crippen MR) is 119 cm³/mol. The molecule has 7 nitrogen and oxygen atoms in total. The maximum Gasteiger partial charge on any atom is 0.416 e. The summed E-state index contributed by atoms with van der Waals surface area (Å²) >= 11 is 0. The Kier molecular flexibility index (Phi) is 5.98. The molecule has 3 aromatic rings. The third kappa shape index (κ3) is 5.08. The van der Waals surface area contributed by atoms with Crippen molar-refractivity contribution in [3.63, 3.8) is 0 Å². The summed E-state index contributed by atoms with van der Waals surface area (Å²) in [4.78, 5) is 17.0. The standard InChI is InChI=1S/C22H19F3N4O3S/c23-22(24,25)15-5-1-6-16(13-15)27-20-19(9-3-10-26-20)21(30)28-17-7-2-8-18(14-17)29-11-4-12-33(29,31)32/h1-3,5-10,13-14H,4,11-12H2,(H,26,27)(H,28,30). The molecular weight excluding hydrogens is 457 g/mol. The van der Waals surface area contributed by atoms with E-state index < -0.39 is 27.7 Å². The minimum atomic E-state index is -4.50. The monoisotopic (exact) mass is 476 g/mol. The van der Waals surface area contributed by atoms with Crippen LogP contribution in [-0.2, 0) is 16.2 Å². The summed E-state index contributed by atoms with van der Waals surface area (Å²) in [6.45, 7) is 0.368. The number of alkyl halides is 3. The fourth-order valence-electron chi connectivity index (χ4n) is 3.46. The Morgan fingerprint density at radius 2 is 1.76 bits per heavy atom. The van der Waals surface area contributed by atoms with Gasteiger partial charge in [-0.2, -0.15) is 13.2 Å². The van der Waals surface area contributed by atoms with Crippen LogP contribution >= 0.6 is 0 Å². The summed E-state index contributed by atoms with van der Waals surface area (Å²) in [7, 11) is -3.37. The van der Waals surface area contributed by atoms with Gasteiger partial charge in [0.15, 0.2) is 0 Å². The second-order valence-corrected chi connectivity index (χ2v) is 9.36. The molecule has 1 aliphatic heterocycles. The SMILES string of the molecule is O=C(Nc1cccc(N2CCCS2(=O)=O)c1)c1cccnc1Nc1cccc(C(F)(F)F)c1. The molecule has 1 fully saturated rings. The van der Waals surface area contributed by atoms with Gasteiger partial charge in [-0.05, 0) is 55.0 Å². The van der Waals surface area contributed by atoms with E-state index in [0.717, 1.165) is 12.1 Å². The maximum atomic E-state index is 13.0. The molecule has 1 amide bonds. The topological polar surface area (TPSA) is 91.4 Å². The highest BCUT2D eigenvalue weighted by Crippen LogP contribution is 2.32. The Hall–Kier alpha value is -3.60. The number of nitrogens with zero attached hydrogens (tertiary/aromatic N) is 2. The smallest absolute Gasteiger partial charge is 0.340 e. The predicted octanol–water partition coefficient (Wildman–Crippen LogP) is 4.64. The second-order valence-electron chi connectivity index (χ2n) is 7.35. The van der Waals surface area contributed by atoms with Gasteiger partial charge in [-0.1, -0.05) is 12.1 Å². The number of hydrogen-bond donors (Lipinski definition) is 2. The van der Waals surface area contributed by atoms with Crippen LogP contribution < -0.4 is 14.9 Å². The molecule has 11 heteroatoms. The lowest BCUT2D eigenvalue weighted by Gasteiger charge is -2.18. The van der Waals surface area contributed by atoms with Crippen LogP contribution in [0.1, 0.15) is 22.3 Å². The number of halogens is 3. The van der Waals surface area contributed by atoms with E-state index in [9.17, 15) is 26.4 Å². The molecule has 0 bridgehead atoms. The van der Waals surface area contributed by atoms with Gasteiger partial charge in [0.1, 0.15) is 5.82 Å². The van der Waals surface area contributed by atoms with E-state index in [0.29, 0.717) is 24.3 Å². The average molecular weight is 476 g/mol. The van der Waals surface area contributed by atoms with Crippen LogP contribution in [0.25, 0.3) is 0 Å². The van der Waals surface area contributed by atoms with Gasteiger partial charge in [0, 0.05) is 24.1 Å². The third-order valence-corrected chi connectivity index (χ3v) is 6.87. The first-order valence-electron chi connectivity index (χ1n) is 9.95. The van der Waals surface area contributed by atoms with Gasteiger partial charge in [0.2, 0.25) is 10.0 Å². The van der Waals surface area contributed by atoms with Crippen LogP contribution in [0.3, 0.4) is 0 Å². The van der Waals surface area contributed by atoms with Crippen molar-refractivity contribution < 1.29 is 26.4 Å². The van der Waals surface area contributed by atoms with Gasteiger partial charge in [0.05, 0.1) is 22.6 Å². The van der Waals surface area contributed by atoms with Crippen LogP contribution in [0, 0.1) is 0 Å². The Labute approximate surface area is 188 Å². The van der Waals surface area contributed by atoms with Crippen LogP contribution in [0.5, 0.6) is 0 Å². The van der Waals surface area contributed by atoms with Gasteiger partial charge in [0.25, 0.3) is 5.91 Å². The number of amides is 1. The summed E-state index contributed by atoms with van der Waals surface area (Å²) in [5.74, 6) is -0.407. The van der Waals surface area contributed by atoms with Crippen molar-refractivity contribution in [1.29, 1.82) is 0 Å². The average Bonchev–Trinajstić information content (AvgIpc) is 3.13. The molecule has 0 aliphatic carbocycles. The van der Waals surface area contributed by atoms with Crippen LogP contribution in [-0.4, -0.2) is 31.6 Å². The summed E-state index contributed by atoms with van der Waals surface area (Å²) < 4.78 is 64.6. The first-order chi connectivity index (χ1) is 15.6. The molecular formula is C22H19F3N4O3S. The summed E-state index contributed by atoms with van der Waals surface area (Å²) in [5.41, 5.74) is 0.211. The van der Waals surface area contributed by atoms with Gasteiger partial charge in [-0.3, -0.25) is 9.10 Å². The number of carbonyl (C=O) groups is 1. The molecule has 1 saturated heterocycles. The summed E-state index contributed by atoms with van der Waals surface area (Å²) in [5, 5.41) is 5.45. The molecule has 0 unspecified atom stereocenters. The van der Waals surface area contributed by atoms with Gasteiger partial charge in [-0.25, -0.2) is 13.4 Å². The number of aromatic nitrogens is 1. The highest BCUT2D eigenvalue weighted by atomic mass is 32.2. The Morgan fingerprint density at radius 3 is 2.48 bits per heavy atom. The number of hydrogen-bond acceptors (Lipinski definition) is 5. The molecule has 2 heterocycles. The molecule has 2 aromatic carbocycles. The van der Waals surface area contributed by atoms with E-state index >= 15 is 0 Å². The highest BCUT2D eigenvalue weighted by Gasteiger charge is 2.31. The fourth-order valence-corrected chi connectivity index (χ4v) is 5.02. The van der Waals surface area contributed by atoms with E-state index in [2.05, 4.69) is 15.6 Å². The van der Waals surface area contributed by atoms with E-state index in [-0.39, 0.29) is 22.8 Å². The van der Waals surface area contributed by atoms with Crippen LogP contribution in [0.15, 0.2) is 66.9 Å². The molecule has 0 saturated carbocycles. The fraction of sp³-hybridized carbons (Fsp3) is 0.182. The molecule has 0 radical (unpaired) electrons. The van der Waals surface area contributed by atoms with Crippen molar-refractivity contribution in [3.05, 3.63) is 78.0 Å². The van der Waals surface area contributed by atoms with Gasteiger partial charge < -0.3 is 10.6 Å². The lowest BCUT2D eigenvalue weighted by Crippen LogP contribution is -2.25. The summed E-state index contributed by atoms with van der Waals surface area (Å²) in [6, 6.07) is 14.0. The Balaban J connectivity index is 1.56. The number of rotatable bonds is 5. The molecule has 172 valence electrons. The molecule has 33 heavy (non-hydrogen) atoms. The van der Waals surface area contributed by atoms with E-state index in [1.807, 2.05) is 0 Å². The van der Waals surface area contributed by atoms with Crippen molar-refractivity contribution in [2.24, 2.45) is 0 Å². The lowest BCUT2D eigenvalue weighted by molar-refractivity contribution is -0.137. The van der Waals surface area contributed by atoms with Crippen molar-refractivity contribution in [3.8, 4) is 0 Å². The summed E-state index contributed by atoms with van der Waals surface area (Å²) in [6.07, 6.45) is -2.57. The zero-order valence-electron chi connectivity index (χ0n) is 17.1. The number of sulfonamides is 1. The number of pyridine rings is 1. The number of benzene rings is 2. The van der Waals surface area contributed by atoms with E-state index in [1.54, 1.807) is 24.3 Å². The minimum absolute atomic E-state index is 0.0733. The van der Waals surface area contributed by atoms with Crippen LogP contribution in [0.2, 0.25) is 0 Å². The molecule has 0 spiro atoms. The molecule has 1 aromatic heterocycles.